The monoisotopic (exact) mass is 295 g/mol. The topological polar surface area (TPSA) is 72.6 Å². The van der Waals surface area contributed by atoms with Gasteiger partial charge < -0.3 is 15.6 Å². The highest BCUT2D eigenvalue weighted by Gasteiger charge is 2.15. The molecule has 0 saturated heterocycles. The molecule has 0 unspecified atom stereocenters. The van der Waals surface area contributed by atoms with Crippen molar-refractivity contribution >= 4 is 23.3 Å². The number of carboxylic acids is 1. The average molecular weight is 296 g/mol. The summed E-state index contributed by atoms with van der Waals surface area (Å²) < 4.78 is 18.7. The number of carboxylic acid groups (broad SMARTS) is 1. The highest BCUT2D eigenvalue weighted by Crippen LogP contribution is 2.28. The summed E-state index contributed by atoms with van der Waals surface area (Å²) in [5.74, 6) is -1.68. The minimum absolute atomic E-state index is 0.0420. The minimum atomic E-state index is -1.15. The number of halogens is 2. The molecule has 0 aromatic heterocycles. The summed E-state index contributed by atoms with van der Waals surface area (Å²) in [6.07, 6.45) is 0. The molecule has 0 fully saturated rings. The summed E-state index contributed by atoms with van der Waals surface area (Å²) in [4.78, 5) is 11.1. The lowest BCUT2D eigenvalue weighted by atomic mass is 10.1. The Morgan fingerprint density at radius 3 is 2.70 bits per heavy atom. The van der Waals surface area contributed by atoms with Gasteiger partial charge in [0, 0.05) is 5.56 Å². The van der Waals surface area contributed by atoms with Gasteiger partial charge in [0.15, 0.2) is 5.75 Å². The fraction of sp³-hybridized carbons (Fsp3) is 0.0714. The quantitative estimate of drug-likeness (QED) is 0.849. The molecule has 0 aliphatic carbocycles. The summed E-state index contributed by atoms with van der Waals surface area (Å²) in [6, 6.07) is 8.72. The molecule has 2 rings (SSSR count). The van der Waals surface area contributed by atoms with Gasteiger partial charge in [-0.15, -0.1) is 0 Å². The van der Waals surface area contributed by atoms with Crippen LogP contribution in [0.15, 0.2) is 36.4 Å². The van der Waals surface area contributed by atoms with E-state index in [0.29, 0.717) is 5.56 Å². The first kappa shape index (κ1) is 14.1. The number of benzene rings is 2. The van der Waals surface area contributed by atoms with E-state index < -0.39 is 11.8 Å². The number of anilines is 1. The number of aromatic carboxylic acids is 1. The Morgan fingerprint density at radius 1 is 1.30 bits per heavy atom. The molecule has 6 heteroatoms. The van der Waals surface area contributed by atoms with E-state index in [0.717, 1.165) is 0 Å². The maximum Gasteiger partial charge on any atom is 0.339 e. The molecule has 4 nitrogen and oxygen atoms in total. The number of rotatable bonds is 4. The Morgan fingerprint density at radius 2 is 2.00 bits per heavy atom. The van der Waals surface area contributed by atoms with E-state index in [1.54, 1.807) is 6.07 Å². The number of hydrogen-bond donors (Lipinski definition) is 2. The minimum Gasteiger partial charge on any atom is -0.486 e. The van der Waals surface area contributed by atoms with Crippen LogP contribution in [0.4, 0.5) is 10.1 Å². The van der Waals surface area contributed by atoms with Crippen LogP contribution in [0.1, 0.15) is 15.9 Å². The highest BCUT2D eigenvalue weighted by atomic mass is 35.5. The first-order valence-corrected chi connectivity index (χ1v) is 6.06. The zero-order valence-electron chi connectivity index (χ0n) is 10.3. The number of nitrogen functional groups attached to an aromatic ring is 1. The fourth-order valence-corrected chi connectivity index (χ4v) is 1.87. The van der Waals surface area contributed by atoms with Gasteiger partial charge in [-0.2, -0.15) is 0 Å². The zero-order valence-corrected chi connectivity index (χ0v) is 11.0. The lowest BCUT2D eigenvalue weighted by Crippen LogP contribution is -2.06. The molecular formula is C14H11ClFNO3. The summed E-state index contributed by atoms with van der Waals surface area (Å²) >= 11 is 5.80. The third kappa shape index (κ3) is 2.83. The van der Waals surface area contributed by atoms with E-state index in [1.807, 2.05) is 0 Å². The second-order valence-electron chi connectivity index (χ2n) is 4.03. The molecule has 0 bridgehead atoms. The molecule has 0 atom stereocenters. The second-order valence-corrected chi connectivity index (χ2v) is 4.41. The number of nitrogens with two attached hydrogens (primary N) is 1. The fourth-order valence-electron chi connectivity index (χ4n) is 1.69. The summed E-state index contributed by atoms with van der Waals surface area (Å²) in [5.41, 5.74) is 6.24. The predicted octanol–water partition coefficient (Wildman–Crippen LogP) is 3.34. The standard InChI is InChI=1S/C14H11ClFNO3/c15-12-8(3-1-5-10(12)16)7-20-13-9(14(18)19)4-2-6-11(13)17/h1-6H,7,17H2,(H,18,19). The molecule has 0 radical (unpaired) electrons. The largest absolute Gasteiger partial charge is 0.486 e. The summed E-state index contributed by atoms with van der Waals surface area (Å²) in [7, 11) is 0. The summed E-state index contributed by atoms with van der Waals surface area (Å²) in [6.45, 7) is -0.0783. The third-order valence-corrected chi connectivity index (χ3v) is 3.10. The molecule has 2 aromatic carbocycles. The zero-order chi connectivity index (χ0) is 14.7. The Balaban J connectivity index is 2.27. The van der Waals surface area contributed by atoms with E-state index in [-0.39, 0.29) is 28.6 Å². The van der Waals surface area contributed by atoms with E-state index >= 15 is 0 Å². The van der Waals surface area contributed by atoms with Gasteiger partial charge in [0.25, 0.3) is 0 Å². The number of hydrogen-bond acceptors (Lipinski definition) is 3. The van der Waals surface area contributed by atoms with Gasteiger partial charge in [-0.25, -0.2) is 9.18 Å². The van der Waals surface area contributed by atoms with Crippen LogP contribution in [0.2, 0.25) is 5.02 Å². The van der Waals surface area contributed by atoms with Crippen molar-refractivity contribution in [3.05, 3.63) is 58.4 Å². The number of ether oxygens (including phenoxy) is 1. The van der Waals surface area contributed by atoms with Crippen LogP contribution in [-0.2, 0) is 6.61 Å². The summed E-state index contributed by atoms with van der Waals surface area (Å²) in [5, 5.41) is 9.01. The van der Waals surface area contributed by atoms with Gasteiger partial charge in [0.05, 0.1) is 10.7 Å². The average Bonchev–Trinajstić information content (AvgIpc) is 2.41. The van der Waals surface area contributed by atoms with Gasteiger partial charge >= 0.3 is 5.97 Å². The van der Waals surface area contributed by atoms with Crippen LogP contribution in [0, 0.1) is 5.82 Å². The highest BCUT2D eigenvalue weighted by molar-refractivity contribution is 6.31. The van der Waals surface area contributed by atoms with Crippen molar-refractivity contribution in [1.82, 2.24) is 0 Å². The van der Waals surface area contributed by atoms with Gasteiger partial charge in [-0.3, -0.25) is 0 Å². The Kier molecular flexibility index (Phi) is 4.10. The van der Waals surface area contributed by atoms with Gasteiger partial charge in [-0.1, -0.05) is 29.8 Å². The molecule has 0 heterocycles. The lowest BCUT2D eigenvalue weighted by Gasteiger charge is -2.12. The van der Waals surface area contributed by atoms with Crippen molar-refractivity contribution in [2.75, 3.05) is 5.73 Å². The molecule has 0 spiro atoms. The number of para-hydroxylation sites is 1. The molecule has 3 N–H and O–H groups in total. The van der Waals surface area contributed by atoms with E-state index in [9.17, 15) is 9.18 Å². The van der Waals surface area contributed by atoms with Gasteiger partial charge in [0.2, 0.25) is 0 Å². The second kappa shape index (κ2) is 5.79. The first-order chi connectivity index (χ1) is 9.50. The van der Waals surface area contributed by atoms with Crippen molar-refractivity contribution in [3.63, 3.8) is 0 Å². The first-order valence-electron chi connectivity index (χ1n) is 5.68. The molecular weight excluding hydrogens is 285 g/mol. The van der Waals surface area contributed by atoms with Crippen molar-refractivity contribution in [1.29, 1.82) is 0 Å². The van der Waals surface area contributed by atoms with Crippen LogP contribution in [-0.4, -0.2) is 11.1 Å². The molecule has 104 valence electrons. The predicted molar refractivity (Wildman–Crippen MR) is 73.6 cm³/mol. The van der Waals surface area contributed by atoms with E-state index in [4.69, 9.17) is 27.2 Å². The Hall–Kier alpha value is -2.27. The van der Waals surface area contributed by atoms with Gasteiger partial charge in [0.1, 0.15) is 18.0 Å². The lowest BCUT2D eigenvalue weighted by molar-refractivity contribution is 0.0692. The third-order valence-electron chi connectivity index (χ3n) is 2.68. The van der Waals surface area contributed by atoms with Crippen molar-refractivity contribution < 1.29 is 19.0 Å². The van der Waals surface area contributed by atoms with E-state index in [2.05, 4.69) is 0 Å². The molecule has 0 amide bonds. The van der Waals surface area contributed by atoms with Crippen LogP contribution in [0.5, 0.6) is 5.75 Å². The SMILES string of the molecule is Nc1cccc(C(=O)O)c1OCc1cccc(F)c1Cl. The number of carbonyl (C=O) groups is 1. The van der Waals surface area contributed by atoms with Crippen LogP contribution in [0.3, 0.4) is 0 Å². The molecule has 0 aliphatic rings. The van der Waals surface area contributed by atoms with Crippen molar-refractivity contribution in [2.24, 2.45) is 0 Å². The van der Waals surface area contributed by atoms with Crippen molar-refractivity contribution in [2.45, 2.75) is 6.61 Å². The smallest absolute Gasteiger partial charge is 0.339 e. The van der Waals surface area contributed by atoms with Crippen LogP contribution in [0.25, 0.3) is 0 Å². The molecule has 20 heavy (non-hydrogen) atoms. The van der Waals surface area contributed by atoms with E-state index in [1.165, 1.54) is 30.3 Å². The normalized spacial score (nSPS) is 10.3. The molecule has 2 aromatic rings. The Labute approximate surface area is 119 Å². The molecule has 0 saturated carbocycles. The van der Waals surface area contributed by atoms with Gasteiger partial charge in [-0.05, 0) is 18.2 Å². The van der Waals surface area contributed by atoms with Crippen LogP contribution >= 0.6 is 11.6 Å². The van der Waals surface area contributed by atoms with Crippen LogP contribution < -0.4 is 10.5 Å². The maximum absolute atomic E-state index is 13.3. The van der Waals surface area contributed by atoms with Crippen molar-refractivity contribution in [3.8, 4) is 5.75 Å². The maximum atomic E-state index is 13.3. The molecule has 0 aliphatic heterocycles. The Bertz CT molecular complexity index is 661.